The minimum Gasteiger partial charge on any atom is -0.465 e. The molecule has 1 saturated heterocycles. The fourth-order valence-corrected chi connectivity index (χ4v) is 3.72. The third kappa shape index (κ3) is 3.62. The van der Waals surface area contributed by atoms with Crippen molar-refractivity contribution in [3.8, 4) is 0 Å². The van der Waals surface area contributed by atoms with Crippen LogP contribution in [0.2, 0.25) is 5.02 Å². The molecule has 1 aliphatic heterocycles. The minimum absolute atomic E-state index is 0.116. The summed E-state index contributed by atoms with van der Waals surface area (Å²) < 4.78 is 26.9. The number of hydrogen-bond donors (Lipinski definition) is 2. The van der Waals surface area contributed by atoms with Crippen LogP contribution in [0.5, 0.6) is 0 Å². The molecule has 6 nitrogen and oxygen atoms in total. The van der Waals surface area contributed by atoms with Gasteiger partial charge in [-0.3, -0.25) is 0 Å². The fraction of sp³-hybridized carbons (Fsp3) is 0.417. The fourth-order valence-electron chi connectivity index (χ4n) is 2.11. The van der Waals surface area contributed by atoms with Crippen molar-refractivity contribution in [3.05, 3.63) is 29.3 Å². The first-order valence-electron chi connectivity index (χ1n) is 6.14. The summed E-state index contributed by atoms with van der Waals surface area (Å²) in [6.45, 7) is 0.663. The molecule has 1 fully saturated rings. The van der Waals surface area contributed by atoms with Gasteiger partial charge in [0.15, 0.2) is 0 Å². The summed E-state index contributed by atoms with van der Waals surface area (Å²) >= 11 is 5.78. The number of carbonyl (C=O) groups is 1. The first kappa shape index (κ1) is 15.1. The Morgan fingerprint density at radius 1 is 1.35 bits per heavy atom. The van der Waals surface area contributed by atoms with E-state index in [0.717, 1.165) is 0 Å². The van der Waals surface area contributed by atoms with Crippen LogP contribution >= 0.6 is 11.6 Å². The van der Waals surface area contributed by atoms with Crippen LogP contribution in [0.15, 0.2) is 29.2 Å². The predicted molar refractivity (Wildman–Crippen MR) is 74.4 cm³/mol. The quantitative estimate of drug-likeness (QED) is 0.889. The van der Waals surface area contributed by atoms with E-state index in [1.165, 1.54) is 17.0 Å². The van der Waals surface area contributed by atoms with Crippen LogP contribution in [0.25, 0.3) is 0 Å². The predicted octanol–water partition coefficient (Wildman–Crippen LogP) is 1.76. The van der Waals surface area contributed by atoms with Gasteiger partial charge in [0.1, 0.15) is 0 Å². The zero-order valence-electron chi connectivity index (χ0n) is 10.6. The maximum Gasteiger partial charge on any atom is 0.407 e. The number of piperidine rings is 1. The highest BCUT2D eigenvalue weighted by atomic mass is 35.5. The van der Waals surface area contributed by atoms with Crippen LogP contribution in [0.1, 0.15) is 12.8 Å². The summed E-state index contributed by atoms with van der Waals surface area (Å²) in [5.41, 5.74) is 0. The van der Waals surface area contributed by atoms with Crippen molar-refractivity contribution < 1.29 is 18.3 Å². The van der Waals surface area contributed by atoms with E-state index in [2.05, 4.69) is 4.72 Å². The van der Waals surface area contributed by atoms with Crippen molar-refractivity contribution in [2.75, 3.05) is 13.1 Å². The van der Waals surface area contributed by atoms with E-state index in [9.17, 15) is 13.2 Å². The Morgan fingerprint density at radius 3 is 2.55 bits per heavy atom. The monoisotopic (exact) mass is 318 g/mol. The molecule has 1 aliphatic rings. The van der Waals surface area contributed by atoms with Gasteiger partial charge in [0.25, 0.3) is 0 Å². The molecule has 2 rings (SSSR count). The molecule has 2 N–H and O–H groups in total. The SMILES string of the molecule is O=C(O)N1CCC(NS(=O)(=O)c2cccc(Cl)c2)CC1. The van der Waals surface area contributed by atoms with E-state index in [1.807, 2.05) is 0 Å². The standard InChI is InChI=1S/C12H15ClN2O4S/c13-9-2-1-3-11(8-9)20(18,19)14-10-4-6-15(7-5-10)12(16)17/h1-3,8,10,14H,4-7H2,(H,16,17). The Balaban J connectivity index is 2.02. The van der Waals surface area contributed by atoms with Crippen LogP contribution in [-0.4, -0.2) is 43.6 Å². The lowest BCUT2D eigenvalue weighted by atomic mass is 10.1. The second-order valence-electron chi connectivity index (χ2n) is 4.62. The Hall–Kier alpha value is -1.31. The molecular weight excluding hydrogens is 304 g/mol. The molecule has 8 heteroatoms. The Labute approximate surface area is 122 Å². The highest BCUT2D eigenvalue weighted by Crippen LogP contribution is 2.18. The van der Waals surface area contributed by atoms with Crippen molar-refractivity contribution >= 4 is 27.7 Å². The van der Waals surface area contributed by atoms with Crippen LogP contribution in [0, 0.1) is 0 Å². The average Bonchev–Trinajstić information content (AvgIpc) is 2.39. The van der Waals surface area contributed by atoms with Gasteiger partial charge in [0.2, 0.25) is 10.0 Å². The van der Waals surface area contributed by atoms with Crippen molar-refractivity contribution in [2.24, 2.45) is 0 Å². The summed E-state index contributed by atoms with van der Waals surface area (Å²) in [4.78, 5) is 12.2. The number of hydrogen-bond acceptors (Lipinski definition) is 3. The molecule has 0 unspecified atom stereocenters. The molecule has 0 saturated carbocycles. The Bertz CT molecular complexity index is 597. The summed E-state index contributed by atoms with van der Waals surface area (Å²) in [5.74, 6) is 0. The molecule has 1 amide bonds. The molecule has 0 aromatic heterocycles. The second kappa shape index (κ2) is 5.99. The number of likely N-dealkylation sites (tertiary alicyclic amines) is 1. The Morgan fingerprint density at radius 2 is 2.00 bits per heavy atom. The Kier molecular flexibility index (Phi) is 4.52. The highest BCUT2D eigenvalue weighted by molar-refractivity contribution is 7.89. The number of sulfonamides is 1. The van der Waals surface area contributed by atoms with E-state index in [1.54, 1.807) is 12.1 Å². The van der Waals surface area contributed by atoms with Crippen LogP contribution in [-0.2, 0) is 10.0 Å². The topological polar surface area (TPSA) is 86.7 Å². The van der Waals surface area contributed by atoms with E-state index in [-0.39, 0.29) is 10.9 Å². The molecular formula is C12H15ClN2O4S. The van der Waals surface area contributed by atoms with Gasteiger partial charge >= 0.3 is 6.09 Å². The molecule has 1 heterocycles. The lowest BCUT2D eigenvalue weighted by Crippen LogP contribution is -2.46. The molecule has 0 bridgehead atoms. The van der Waals surface area contributed by atoms with Crippen LogP contribution < -0.4 is 4.72 Å². The largest absolute Gasteiger partial charge is 0.465 e. The highest BCUT2D eigenvalue weighted by Gasteiger charge is 2.26. The molecule has 1 aromatic rings. The maximum absolute atomic E-state index is 12.2. The van der Waals surface area contributed by atoms with E-state index in [0.29, 0.717) is 31.0 Å². The smallest absolute Gasteiger partial charge is 0.407 e. The van der Waals surface area contributed by atoms with Gasteiger partial charge in [-0.1, -0.05) is 17.7 Å². The first-order chi connectivity index (χ1) is 9.38. The zero-order valence-corrected chi connectivity index (χ0v) is 12.2. The summed E-state index contributed by atoms with van der Waals surface area (Å²) in [5, 5.41) is 9.19. The van der Waals surface area contributed by atoms with Gasteiger partial charge in [0, 0.05) is 24.2 Å². The lowest BCUT2D eigenvalue weighted by Gasteiger charge is -2.30. The molecule has 110 valence electrons. The van der Waals surface area contributed by atoms with E-state index in [4.69, 9.17) is 16.7 Å². The molecule has 0 aliphatic carbocycles. The molecule has 0 atom stereocenters. The summed E-state index contributed by atoms with van der Waals surface area (Å²) in [7, 11) is -3.62. The molecule has 0 radical (unpaired) electrons. The van der Waals surface area contributed by atoms with Crippen LogP contribution in [0.3, 0.4) is 0 Å². The number of nitrogens with one attached hydrogen (secondary N) is 1. The van der Waals surface area contributed by atoms with E-state index >= 15 is 0 Å². The average molecular weight is 319 g/mol. The first-order valence-corrected chi connectivity index (χ1v) is 8.00. The summed E-state index contributed by atoms with van der Waals surface area (Å²) in [6.07, 6.45) is -0.0424. The maximum atomic E-state index is 12.2. The number of nitrogens with zero attached hydrogens (tertiary/aromatic N) is 1. The van der Waals surface area contributed by atoms with Gasteiger partial charge in [-0.25, -0.2) is 17.9 Å². The van der Waals surface area contributed by atoms with Gasteiger partial charge < -0.3 is 10.0 Å². The molecule has 0 spiro atoms. The third-order valence-electron chi connectivity index (χ3n) is 3.19. The zero-order chi connectivity index (χ0) is 14.8. The number of halogens is 1. The molecule has 1 aromatic carbocycles. The molecule has 20 heavy (non-hydrogen) atoms. The third-order valence-corrected chi connectivity index (χ3v) is 4.95. The number of carboxylic acid groups (broad SMARTS) is 1. The van der Waals surface area contributed by atoms with Crippen molar-refractivity contribution in [1.82, 2.24) is 9.62 Å². The van der Waals surface area contributed by atoms with Gasteiger partial charge in [0.05, 0.1) is 4.90 Å². The van der Waals surface area contributed by atoms with Gasteiger partial charge in [-0.15, -0.1) is 0 Å². The van der Waals surface area contributed by atoms with Crippen molar-refractivity contribution in [2.45, 2.75) is 23.8 Å². The van der Waals surface area contributed by atoms with Crippen LogP contribution in [0.4, 0.5) is 4.79 Å². The number of benzene rings is 1. The normalized spacial score (nSPS) is 17.1. The van der Waals surface area contributed by atoms with Gasteiger partial charge in [-0.2, -0.15) is 0 Å². The van der Waals surface area contributed by atoms with Gasteiger partial charge in [-0.05, 0) is 31.0 Å². The van der Waals surface area contributed by atoms with E-state index < -0.39 is 16.1 Å². The van der Waals surface area contributed by atoms with Crippen molar-refractivity contribution in [3.63, 3.8) is 0 Å². The lowest BCUT2D eigenvalue weighted by molar-refractivity contribution is 0.131. The number of amides is 1. The minimum atomic E-state index is -3.62. The summed E-state index contributed by atoms with van der Waals surface area (Å²) in [6, 6.07) is 5.78. The van der Waals surface area contributed by atoms with Crippen molar-refractivity contribution in [1.29, 1.82) is 0 Å². The number of rotatable bonds is 3. The second-order valence-corrected chi connectivity index (χ2v) is 6.77.